The Morgan fingerprint density at radius 1 is 1.00 bits per heavy atom. The van der Waals surface area contributed by atoms with Gasteiger partial charge >= 0.3 is 0 Å². The summed E-state index contributed by atoms with van der Waals surface area (Å²) in [4.78, 5) is 20.7. The summed E-state index contributed by atoms with van der Waals surface area (Å²) in [6.45, 7) is 5.38. The molecule has 1 N–H and O–H groups in total. The van der Waals surface area contributed by atoms with Gasteiger partial charge in [-0.05, 0) is 60.5 Å². The number of methoxy groups -OCH3 is 1. The Bertz CT molecular complexity index is 1790. The normalized spacial score (nSPS) is 11.3. The molecule has 190 valence electrons. The van der Waals surface area contributed by atoms with Crippen molar-refractivity contribution in [2.24, 2.45) is 0 Å². The number of ether oxygens (including phenoxy) is 1. The molecule has 0 fully saturated rings. The largest absolute Gasteiger partial charge is 0.481 e. The van der Waals surface area contributed by atoms with Gasteiger partial charge in [-0.3, -0.25) is 4.79 Å². The van der Waals surface area contributed by atoms with Gasteiger partial charge in [0.15, 0.2) is 5.65 Å². The molecule has 2 aromatic carbocycles. The first-order valence-corrected chi connectivity index (χ1v) is 13.1. The molecule has 0 aliphatic carbocycles. The molecule has 0 aliphatic rings. The lowest BCUT2D eigenvalue weighted by atomic mass is 10.0. The first-order chi connectivity index (χ1) is 18.3. The van der Waals surface area contributed by atoms with E-state index in [1.54, 1.807) is 61.1 Å². The minimum absolute atomic E-state index is 0.162. The Hall–Kier alpha value is -4.76. The van der Waals surface area contributed by atoms with Crippen LogP contribution in [-0.2, 0) is 14.8 Å². The van der Waals surface area contributed by atoms with Crippen LogP contribution >= 0.6 is 0 Å². The summed E-state index contributed by atoms with van der Waals surface area (Å²) in [5, 5.41) is 3.38. The zero-order valence-corrected chi connectivity index (χ0v) is 21.6. The highest BCUT2D eigenvalue weighted by molar-refractivity contribution is 7.90. The third kappa shape index (κ3) is 4.67. The second-order valence-electron chi connectivity index (χ2n) is 8.61. The Balaban J connectivity index is 1.71. The van der Waals surface area contributed by atoms with Crippen LogP contribution in [0.15, 0.2) is 103 Å². The average molecular weight is 525 g/mol. The van der Waals surface area contributed by atoms with E-state index in [1.807, 2.05) is 31.2 Å². The third-order valence-electron chi connectivity index (χ3n) is 6.09. The molecule has 0 spiro atoms. The number of aromatic nitrogens is 3. The van der Waals surface area contributed by atoms with Crippen LogP contribution in [0.2, 0.25) is 0 Å². The Kier molecular flexibility index (Phi) is 6.52. The maximum Gasteiger partial charge on any atom is 0.269 e. The van der Waals surface area contributed by atoms with Gasteiger partial charge in [-0.15, -0.1) is 0 Å². The first-order valence-electron chi connectivity index (χ1n) is 11.7. The van der Waals surface area contributed by atoms with Gasteiger partial charge < -0.3 is 10.1 Å². The molecule has 3 heterocycles. The average Bonchev–Trinajstić information content (AvgIpc) is 3.33. The number of rotatable bonds is 7. The minimum atomic E-state index is -3.94. The van der Waals surface area contributed by atoms with Gasteiger partial charge in [-0.25, -0.2) is 22.4 Å². The summed E-state index contributed by atoms with van der Waals surface area (Å²) in [7, 11) is -2.41. The highest BCUT2D eigenvalue weighted by Gasteiger charge is 2.23. The molecule has 0 unspecified atom stereocenters. The van der Waals surface area contributed by atoms with Crippen LogP contribution in [0.5, 0.6) is 5.88 Å². The van der Waals surface area contributed by atoms with E-state index in [2.05, 4.69) is 21.9 Å². The highest BCUT2D eigenvalue weighted by Crippen LogP contribution is 2.35. The second-order valence-corrected chi connectivity index (χ2v) is 10.4. The maximum absolute atomic E-state index is 13.7. The SMILES string of the molecule is C=CC(=O)Nc1cccc(-c2cnc3c(c2)c(-c2ccnc(OC)c2)cn3S(=O)(=O)c2ccc(C)cc2)c1. The Morgan fingerprint density at radius 3 is 2.53 bits per heavy atom. The number of aryl methyl sites for hydroxylation is 1. The fourth-order valence-corrected chi connectivity index (χ4v) is 5.46. The number of hydrogen-bond donors (Lipinski definition) is 1. The van der Waals surface area contributed by atoms with Crippen molar-refractivity contribution in [3.63, 3.8) is 0 Å². The number of benzene rings is 2. The number of nitrogens with one attached hydrogen (secondary N) is 1. The minimum Gasteiger partial charge on any atom is -0.481 e. The molecular formula is C29H24N4O4S. The molecule has 5 rings (SSSR count). The molecule has 5 aromatic rings. The molecule has 38 heavy (non-hydrogen) atoms. The van der Waals surface area contributed by atoms with Crippen molar-refractivity contribution >= 4 is 32.7 Å². The van der Waals surface area contributed by atoms with Gasteiger partial charge in [-0.1, -0.05) is 36.4 Å². The van der Waals surface area contributed by atoms with Crippen molar-refractivity contribution < 1.29 is 17.9 Å². The summed E-state index contributed by atoms with van der Waals surface area (Å²) >= 11 is 0. The van der Waals surface area contributed by atoms with Crippen molar-refractivity contribution in [1.82, 2.24) is 13.9 Å². The van der Waals surface area contributed by atoms with Gasteiger partial charge in [0.1, 0.15) is 0 Å². The van der Waals surface area contributed by atoms with Crippen LogP contribution in [0.4, 0.5) is 5.69 Å². The van der Waals surface area contributed by atoms with E-state index in [1.165, 1.54) is 17.2 Å². The number of amides is 1. The zero-order valence-electron chi connectivity index (χ0n) is 20.8. The Labute approximate surface area is 220 Å². The molecule has 0 bridgehead atoms. The van der Waals surface area contributed by atoms with E-state index in [9.17, 15) is 13.2 Å². The summed E-state index contributed by atoms with van der Waals surface area (Å²) in [5.74, 6) is 0.0857. The molecule has 9 heteroatoms. The van der Waals surface area contributed by atoms with Crippen LogP contribution in [0, 0.1) is 6.92 Å². The highest BCUT2D eigenvalue weighted by atomic mass is 32.2. The third-order valence-corrected chi connectivity index (χ3v) is 7.76. The van der Waals surface area contributed by atoms with E-state index in [0.717, 1.165) is 22.3 Å². The number of hydrogen-bond acceptors (Lipinski definition) is 6. The standard InChI is InChI=1S/C29H24N4O4S/c1-4-27(34)32-23-7-5-6-20(14-23)22-15-25-26(21-12-13-30-28(16-21)37-3)18-33(29(25)31-17-22)38(35,36)24-10-8-19(2)9-11-24/h4-18H,1H2,2-3H3,(H,32,34). The number of fused-ring (bicyclic) bond motifs is 1. The summed E-state index contributed by atoms with van der Waals surface area (Å²) in [5.41, 5.74) is 4.78. The van der Waals surface area contributed by atoms with Gasteiger partial charge in [-0.2, -0.15) is 0 Å². The Morgan fingerprint density at radius 2 is 1.79 bits per heavy atom. The lowest BCUT2D eigenvalue weighted by Crippen LogP contribution is -2.12. The monoisotopic (exact) mass is 524 g/mol. The van der Waals surface area contributed by atoms with Gasteiger partial charge in [0.25, 0.3) is 10.0 Å². The molecular weight excluding hydrogens is 500 g/mol. The fraction of sp³-hybridized carbons (Fsp3) is 0.0690. The van der Waals surface area contributed by atoms with Crippen molar-refractivity contribution in [2.45, 2.75) is 11.8 Å². The molecule has 0 atom stereocenters. The number of pyridine rings is 2. The topological polar surface area (TPSA) is 103 Å². The van der Waals surface area contributed by atoms with Crippen LogP contribution < -0.4 is 10.1 Å². The predicted molar refractivity (Wildman–Crippen MR) is 148 cm³/mol. The van der Waals surface area contributed by atoms with E-state index in [0.29, 0.717) is 22.5 Å². The molecule has 0 aliphatic heterocycles. The van der Waals surface area contributed by atoms with Crippen LogP contribution in [0.3, 0.4) is 0 Å². The van der Waals surface area contributed by atoms with Gasteiger partial charge in [0.2, 0.25) is 11.8 Å². The number of nitrogens with zero attached hydrogens (tertiary/aromatic N) is 3. The number of anilines is 1. The summed E-state index contributed by atoms with van der Waals surface area (Å²) in [6, 6.07) is 19.4. The van der Waals surface area contributed by atoms with E-state index >= 15 is 0 Å². The van der Waals surface area contributed by atoms with Gasteiger partial charge in [0.05, 0.1) is 12.0 Å². The number of carbonyl (C=O) groups is 1. The number of carbonyl (C=O) groups excluding carboxylic acids is 1. The second kappa shape index (κ2) is 9.95. The molecule has 0 radical (unpaired) electrons. The maximum atomic E-state index is 13.7. The van der Waals surface area contributed by atoms with Crippen molar-refractivity contribution in [1.29, 1.82) is 0 Å². The van der Waals surface area contributed by atoms with Gasteiger partial charge in [0, 0.05) is 46.9 Å². The van der Waals surface area contributed by atoms with Crippen molar-refractivity contribution in [3.05, 3.63) is 104 Å². The van der Waals surface area contributed by atoms with E-state index in [-0.39, 0.29) is 16.4 Å². The van der Waals surface area contributed by atoms with E-state index in [4.69, 9.17) is 4.74 Å². The van der Waals surface area contributed by atoms with Crippen LogP contribution in [0.1, 0.15) is 5.56 Å². The van der Waals surface area contributed by atoms with Crippen molar-refractivity contribution in [2.75, 3.05) is 12.4 Å². The van der Waals surface area contributed by atoms with Crippen molar-refractivity contribution in [3.8, 4) is 28.1 Å². The fourth-order valence-electron chi connectivity index (χ4n) is 4.13. The molecule has 1 amide bonds. The zero-order chi connectivity index (χ0) is 26.9. The predicted octanol–water partition coefficient (Wildman–Crippen LogP) is 5.44. The summed E-state index contributed by atoms with van der Waals surface area (Å²) < 4.78 is 33.9. The smallest absolute Gasteiger partial charge is 0.269 e. The lowest BCUT2D eigenvalue weighted by Gasteiger charge is -2.09. The van der Waals surface area contributed by atoms with Crippen LogP contribution in [-0.4, -0.2) is 35.4 Å². The van der Waals surface area contributed by atoms with E-state index < -0.39 is 10.0 Å². The summed E-state index contributed by atoms with van der Waals surface area (Å²) in [6.07, 6.45) is 6.00. The first kappa shape index (κ1) is 24.9. The molecule has 8 nitrogen and oxygen atoms in total. The lowest BCUT2D eigenvalue weighted by molar-refractivity contribution is -0.111. The van der Waals surface area contributed by atoms with Crippen LogP contribution in [0.25, 0.3) is 33.3 Å². The molecule has 3 aromatic heterocycles. The molecule has 0 saturated heterocycles. The molecule has 0 saturated carbocycles. The quantitative estimate of drug-likeness (QED) is 0.284.